The Kier molecular flexibility index (Phi) is 7.16. The summed E-state index contributed by atoms with van der Waals surface area (Å²) in [5.41, 5.74) is 2.10. The van der Waals surface area contributed by atoms with E-state index in [-0.39, 0.29) is 11.5 Å². The molecule has 0 spiro atoms. The van der Waals surface area contributed by atoms with Gasteiger partial charge in [0.05, 0.1) is 10.9 Å². The predicted octanol–water partition coefficient (Wildman–Crippen LogP) is 3.20. The Hall–Kier alpha value is -3.42. The molecule has 0 radical (unpaired) electrons. The van der Waals surface area contributed by atoms with E-state index in [2.05, 4.69) is 26.2 Å². The number of aromatic amines is 1. The average Bonchev–Trinajstić information content (AvgIpc) is 3.33. The molecule has 2 aliphatic heterocycles. The molecule has 0 bridgehead atoms. The monoisotopic (exact) mass is 617 g/mol. The number of likely N-dealkylation sites (tertiary alicyclic amines) is 1. The Bertz CT molecular complexity index is 1540. The van der Waals surface area contributed by atoms with Gasteiger partial charge in [0.2, 0.25) is 11.8 Å². The number of carbonyl (C=O) groups is 4. The number of H-pyrrole nitrogens is 1. The van der Waals surface area contributed by atoms with E-state index in [9.17, 15) is 29.1 Å². The molecular weight excluding hydrogens is 598 g/mol. The van der Waals surface area contributed by atoms with Crippen LogP contribution in [0.15, 0.2) is 56.8 Å². The molecule has 10 nitrogen and oxygen atoms in total. The minimum Gasteiger partial charge on any atom is -0.483 e. The lowest BCUT2D eigenvalue weighted by Gasteiger charge is -2.31. The minimum atomic E-state index is -1.30. The van der Waals surface area contributed by atoms with Crippen molar-refractivity contribution in [2.45, 2.75) is 23.1 Å². The maximum absolute atomic E-state index is 13.4. The van der Waals surface area contributed by atoms with Crippen molar-refractivity contribution in [2.24, 2.45) is 5.92 Å². The molecule has 3 amide bonds. The molecule has 38 heavy (non-hydrogen) atoms. The molecule has 0 aliphatic carbocycles. The Labute approximate surface area is 232 Å². The molecule has 1 fully saturated rings. The largest absolute Gasteiger partial charge is 0.483 e. The third-order valence-electron chi connectivity index (χ3n) is 6.18. The summed E-state index contributed by atoms with van der Waals surface area (Å²) in [5, 5.41) is 11.6. The maximum atomic E-state index is 13.4. The van der Waals surface area contributed by atoms with Crippen molar-refractivity contribution >= 4 is 68.4 Å². The average molecular weight is 618 g/mol. The number of imide groups is 1. The second-order valence-electron chi connectivity index (χ2n) is 8.79. The van der Waals surface area contributed by atoms with Gasteiger partial charge in [-0.05, 0) is 42.8 Å². The Morgan fingerprint density at radius 3 is 2.68 bits per heavy atom. The summed E-state index contributed by atoms with van der Waals surface area (Å²) in [5.74, 6) is -4.38. The number of hydrogen-bond acceptors (Lipinski definition) is 8. The summed E-state index contributed by atoms with van der Waals surface area (Å²) in [7, 11) is 0. The van der Waals surface area contributed by atoms with Crippen molar-refractivity contribution in [3.63, 3.8) is 0 Å². The number of carboxylic acids is 1. The number of hydrogen-bond donors (Lipinski definition) is 3. The van der Waals surface area contributed by atoms with Gasteiger partial charge >= 0.3 is 10.8 Å². The number of carbonyl (C=O) groups excluding carboxylic acids is 3. The Morgan fingerprint density at radius 1 is 1.16 bits per heavy atom. The highest BCUT2D eigenvalue weighted by Crippen LogP contribution is 2.54. The van der Waals surface area contributed by atoms with Gasteiger partial charge < -0.3 is 20.1 Å². The van der Waals surface area contributed by atoms with E-state index in [1.807, 2.05) is 25.1 Å². The van der Waals surface area contributed by atoms with E-state index in [4.69, 9.17) is 4.74 Å². The van der Waals surface area contributed by atoms with Crippen molar-refractivity contribution in [3.05, 3.63) is 72.6 Å². The second-order valence-corrected chi connectivity index (χ2v) is 11.9. The summed E-state index contributed by atoms with van der Waals surface area (Å²) < 4.78 is 6.56. The normalized spacial score (nSPS) is 20.2. The van der Waals surface area contributed by atoms with Gasteiger partial charge in [0.1, 0.15) is 17.5 Å². The zero-order valence-corrected chi connectivity index (χ0v) is 22.9. The lowest BCUT2D eigenvalue weighted by atomic mass is 9.82. The van der Waals surface area contributed by atoms with Crippen LogP contribution in [0, 0.1) is 12.8 Å². The number of fused-ring (bicyclic) bond motifs is 2. The number of anilines is 1. The van der Waals surface area contributed by atoms with Gasteiger partial charge in [-0.2, -0.15) is 0 Å². The van der Waals surface area contributed by atoms with E-state index in [1.54, 1.807) is 24.3 Å². The quantitative estimate of drug-likeness (QED) is 0.343. The van der Waals surface area contributed by atoms with Crippen LogP contribution in [0.5, 0.6) is 5.75 Å². The molecular formula is C25H20BrN3O7S2. The molecule has 1 saturated heterocycles. The zero-order valence-electron chi connectivity index (χ0n) is 19.7. The van der Waals surface area contributed by atoms with E-state index in [0.717, 1.165) is 33.6 Å². The highest BCUT2D eigenvalue weighted by Gasteiger charge is 2.56. The lowest BCUT2D eigenvalue weighted by Crippen LogP contribution is -2.36. The molecule has 3 aromatic rings. The summed E-state index contributed by atoms with van der Waals surface area (Å²) in [6.07, 6.45) is 0. The molecule has 0 unspecified atom stereocenters. The third-order valence-corrected chi connectivity index (χ3v) is 9.07. The molecule has 5 rings (SSSR count). The number of aliphatic carboxylic acids is 1. The van der Waals surface area contributed by atoms with Crippen LogP contribution in [0.3, 0.4) is 0 Å². The van der Waals surface area contributed by atoms with Gasteiger partial charge in [-0.15, -0.1) is 0 Å². The number of carboxylic acid groups (broad SMARTS) is 1. The number of rotatable bonds is 7. The van der Waals surface area contributed by atoms with Crippen LogP contribution in [0.4, 0.5) is 5.69 Å². The van der Waals surface area contributed by atoms with Crippen molar-refractivity contribution in [1.82, 2.24) is 9.88 Å². The standard InChI is InChI=1S/C25H20BrN3O7S2/c1-11-3-2-4-13(7-11)27-16(30)10-36-15-6-5-12(26)8-14(15)18-19-21(37-22-20(18)38-25(35)28-22)24(34)29(23(19)33)9-17(31)32/h2-8,18-19,21H,9-10H2,1H3,(H,27,30)(H,28,35)(H,31,32)/t18-,19+,21-/m0/s1. The number of ether oxygens (including phenoxy) is 1. The first-order chi connectivity index (χ1) is 18.1. The van der Waals surface area contributed by atoms with Gasteiger partial charge in [0.25, 0.3) is 5.91 Å². The van der Waals surface area contributed by atoms with Gasteiger partial charge in [-0.1, -0.05) is 51.2 Å². The molecule has 2 aromatic carbocycles. The van der Waals surface area contributed by atoms with E-state index in [1.165, 1.54) is 0 Å². The number of nitrogens with one attached hydrogen (secondary N) is 2. The first-order valence-corrected chi connectivity index (χ1v) is 13.9. The fourth-order valence-corrected chi connectivity index (χ4v) is 7.56. The highest BCUT2D eigenvalue weighted by atomic mass is 79.9. The number of thioether (sulfide) groups is 1. The SMILES string of the molecule is Cc1cccc(NC(=O)COc2ccc(Br)cc2[C@@H]2c3sc(=O)[nH]c3S[C@@H]3C(=O)N(CC(=O)O)C(=O)[C@H]23)c1. The number of amides is 3. The fourth-order valence-electron chi connectivity index (χ4n) is 4.66. The maximum Gasteiger partial charge on any atom is 0.323 e. The van der Waals surface area contributed by atoms with Crippen LogP contribution >= 0.6 is 39.0 Å². The lowest BCUT2D eigenvalue weighted by molar-refractivity contribution is -0.149. The van der Waals surface area contributed by atoms with Crippen LogP contribution in [-0.2, 0) is 19.2 Å². The molecule has 3 heterocycles. The fraction of sp³-hybridized carbons (Fsp3) is 0.240. The summed E-state index contributed by atoms with van der Waals surface area (Å²) in [6.45, 7) is 0.835. The Balaban J connectivity index is 1.49. The molecule has 3 atom stereocenters. The molecule has 13 heteroatoms. The van der Waals surface area contributed by atoms with Crippen LogP contribution in [-0.4, -0.2) is 57.1 Å². The highest BCUT2D eigenvalue weighted by molar-refractivity contribution is 9.10. The third kappa shape index (κ3) is 5.00. The predicted molar refractivity (Wildman–Crippen MR) is 144 cm³/mol. The van der Waals surface area contributed by atoms with Crippen LogP contribution < -0.4 is 14.9 Å². The number of halogens is 1. The number of nitrogens with zero attached hydrogens (tertiary/aromatic N) is 1. The van der Waals surface area contributed by atoms with Gasteiger partial charge in [0, 0.05) is 26.5 Å². The number of aryl methyl sites for hydroxylation is 1. The first-order valence-electron chi connectivity index (χ1n) is 11.4. The molecule has 2 aliphatic rings. The number of aromatic nitrogens is 1. The number of thiazole rings is 1. The zero-order chi connectivity index (χ0) is 27.1. The van der Waals surface area contributed by atoms with Gasteiger partial charge in [-0.3, -0.25) is 28.9 Å². The van der Waals surface area contributed by atoms with E-state index >= 15 is 0 Å². The summed E-state index contributed by atoms with van der Waals surface area (Å²) >= 11 is 5.41. The van der Waals surface area contributed by atoms with Crippen LogP contribution in [0.2, 0.25) is 0 Å². The second kappa shape index (κ2) is 10.4. The molecule has 0 saturated carbocycles. The van der Waals surface area contributed by atoms with Crippen molar-refractivity contribution in [2.75, 3.05) is 18.5 Å². The minimum absolute atomic E-state index is 0.298. The molecule has 3 N–H and O–H groups in total. The smallest absolute Gasteiger partial charge is 0.323 e. The first kappa shape index (κ1) is 26.2. The van der Waals surface area contributed by atoms with Gasteiger partial charge in [-0.25, -0.2) is 0 Å². The van der Waals surface area contributed by atoms with Crippen LogP contribution in [0.1, 0.15) is 21.9 Å². The van der Waals surface area contributed by atoms with Crippen molar-refractivity contribution < 1.29 is 29.0 Å². The molecule has 196 valence electrons. The molecule has 1 aromatic heterocycles. The van der Waals surface area contributed by atoms with E-state index in [0.29, 0.717) is 31.4 Å². The topological polar surface area (TPSA) is 146 Å². The van der Waals surface area contributed by atoms with Gasteiger partial charge in [0.15, 0.2) is 6.61 Å². The van der Waals surface area contributed by atoms with Crippen LogP contribution in [0.25, 0.3) is 0 Å². The van der Waals surface area contributed by atoms with Crippen molar-refractivity contribution in [3.8, 4) is 5.75 Å². The number of benzene rings is 2. The summed E-state index contributed by atoms with van der Waals surface area (Å²) in [4.78, 5) is 66.4. The van der Waals surface area contributed by atoms with E-state index < -0.39 is 47.3 Å². The van der Waals surface area contributed by atoms with Crippen molar-refractivity contribution in [1.29, 1.82) is 0 Å². The Morgan fingerprint density at radius 2 is 1.95 bits per heavy atom. The summed E-state index contributed by atoms with van der Waals surface area (Å²) in [6, 6.07) is 12.4.